The van der Waals surface area contributed by atoms with Crippen LogP contribution in [0.1, 0.15) is 68.2 Å². The fourth-order valence-electron chi connectivity index (χ4n) is 3.02. The molecule has 0 aliphatic carbocycles. The van der Waals surface area contributed by atoms with Crippen molar-refractivity contribution in [2.75, 3.05) is 0 Å². The van der Waals surface area contributed by atoms with E-state index >= 15 is 0 Å². The number of hydrogen-bond acceptors (Lipinski definition) is 5. The topological polar surface area (TPSA) is 151 Å². The van der Waals surface area contributed by atoms with Crippen molar-refractivity contribution in [3.05, 3.63) is 0 Å². The van der Waals surface area contributed by atoms with Crippen LogP contribution in [0.15, 0.2) is 0 Å². The summed E-state index contributed by atoms with van der Waals surface area (Å²) < 4.78 is 0. The molecule has 0 bridgehead atoms. The maximum Gasteiger partial charge on any atom is 0.326 e. The summed E-state index contributed by atoms with van der Waals surface area (Å²) in [6.07, 6.45) is 0.652. The molecule has 180 valence electrons. The molecule has 0 aromatic rings. The third kappa shape index (κ3) is 10.6. The van der Waals surface area contributed by atoms with E-state index in [9.17, 15) is 24.3 Å². The summed E-state index contributed by atoms with van der Waals surface area (Å²) in [5.41, 5.74) is 5.90. The molecule has 0 aliphatic heterocycles. The predicted octanol–water partition coefficient (Wildman–Crippen LogP) is 1.26. The summed E-state index contributed by atoms with van der Waals surface area (Å²) in [6.45, 7) is 14.7. The Morgan fingerprint density at radius 3 is 1.52 bits per heavy atom. The van der Waals surface area contributed by atoms with Gasteiger partial charge in [-0.2, -0.15) is 0 Å². The number of carboxylic acid groups (broad SMARTS) is 1. The van der Waals surface area contributed by atoms with Crippen LogP contribution in [0.5, 0.6) is 0 Å². The van der Waals surface area contributed by atoms with Crippen molar-refractivity contribution in [2.24, 2.45) is 29.4 Å². The van der Waals surface area contributed by atoms with Crippen molar-refractivity contribution in [2.45, 2.75) is 92.4 Å². The van der Waals surface area contributed by atoms with Crippen molar-refractivity contribution in [3.63, 3.8) is 0 Å². The average molecular weight is 443 g/mol. The van der Waals surface area contributed by atoms with Gasteiger partial charge in [-0.3, -0.25) is 14.4 Å². The SMILES string of the molecule is CC(C)CC(NC(=O)C(NC(=O)C(CC(C)C)NC(=O)C(N)C(C)C)C(C)C)C(=O)O. The minimum absolute atomic E-state index is 0.0734. The lowest BCUT2D eigenvalue weighted by molar-refractivity contribution is -0.143. The molecule has 0 spiro atoms. The normalized spacial score (nSPS) is 15.5. The van der Waals surface area contributed by atoms with E-state index in [2.05, 4.69) is 16.0 Å². The Bertz CT molecular complexity index is 619. The molecule has 0 aliphatic rings. The van der Waals surface area contributed by atoms with Crippen LogP contribution >= 0.6 is 0 Å². The standard InChI is InChI=1S/C22H42N4O5/c1-11(2)9-15(24-20(28)17(23)13(5)6)19(27)26-18(14(7)8)21(29)25-16(22(30)31)10-12(3)4/h11-18H,9-10,23H2,1-8H3,(H,24,28)(H,25,29)(H,26,27)(H,30,31). The zero-order valence-corrected chi connectivity index (χ0v) is 20.2. The van der Waals surface area contributed by atoms with Gasteiger partial charge in [-0.05, 0) is 36.5 Å². The van der Waals surface area contributed by atoms with Gasteiger partial charge < -0.3 is 26.8 Å². The van der Waals surface area contributed by atoms with Gasteiger partial charge in [0.2, 0.25) is 17.7 Å². The summed E-state index contributed by atoms with van der Waals surface area (Å²) in [5, 5.41) is 17.3. The van der Waals surface area contributed by atoms with E-state index < -0.39 is 47.9 Å². The number of aliphatic carboxylic acids is 1. The zero-order valence-electron chi connectivity index (χ0n) is 20.2. The van der Waals surface area contributed by atoms with Crippen LogP contribution in [0.3, 0.4) is 0 Å². The number of carbonyl (C=O) groups is 4. The van der Waals surface area contributed by atoms with Crippen molar-refractivity contribution < 1.29 is 24.3 Å². The Labute approximate surface area is 186 Å². The monoisotopic (exact) mass is 442 g/mol. The zero-order chi connectivity index (χ0) is 24.5. The number of hydrogen-bond donors (Lipinski definition) is 5. The molecule has 9 heteroatoms. The highest BCUT2D eigenvalue weighted by atomic mass is 16.4. The Balaban J connectivity index is 5.43. The molecule has 0 radical (unpaired) electrons. The van der Waals surface area contributed by atoms with E-state index in [-0.39, 0.29) is 30.1 Å². The average Bonchev–Trinajstić information content (AvgIpc) is 2.62. The van der Waals surface area contributed by atoms with Crippen LogP contribution in [0.25, 0.3) is 0 Å². The van der Waals surface area contributed by atoms with Crippen LogP contribution in [0.2, 0.25) is 0 Å². The Morgan fingerprint density at radius 1 is 0.677 bits per heavy atom. The van der Waals surface area contributed by atoms with Crippen molar-refractivity contribution >= 4 is 23.7 Å². The highest BCUT2D eigenvalue weighted by Gasteiger charge is 2.32. The second kappa shape index (κ2) is 13.3. The second-order valence-corrected chi connectivity index (χ2v) is 9.72. The van der Waals surface area contributed by atoms with Gasteiger partial charge in [-0.25, -0.2) is 4.79 Å². The van der Waals surface area contributed by atoms with Gasteiger partial charge in [-0.15, -0.1) is 0 Å². The molecular weight excluding hydrogens is 400 g/mol. The first-order valence-corrected chi connectivity index (χ1v) is 11.1. The molecular formula is C22H42N4O5. The maximum absolute atomic E-state index is 13.0. The van der Waals surface area contributed by atoms with Gasteiger partial charge in [0.05, 0.1) is 6.04 Å². The van der Waals surface area contributed by atoms with Gasteiger partial charge in [0.15, 0.2) is 0 Å². The second-order valence-electron chi connectivity index (χ2n) is 9.72. The Kier molecular flexibility index (Phi) is 12.4. The lowest BCUT2D eigenvalue weighted by Gasteiger charge is -2.28. The Hall–Kier alpha value is -2.16. The van der Waals surface area contributed by atoms with E-state index in [0.29, 0.717) is 6.42 Å². The van der Waals surface area contributed by atoms with Crippen LogP contribution in [0, 0.1) is 23.7 Å². The van der Waals surface area contributed by atoms with Gasteiger partial charge in [-0.1, -0.05) is 55.4 Å². The van der Waals surface area contributed by atoms with Gasteiger partial charge in [0, 0.05) is 0 Å². The molecule has 0 aromatic heterocycles. The molecule has 0 heterocycles. The molecule has 31 heavy (non-hydrogen) atoms. The maximum atomic E-state index is 13.0. The van der Waals surface area contributed by atoms with E-state index in [1.807, 2.05) is 41.5 Å². The molecule has 4 atom stereocenters. The minimum atomic E-state index is -1.12. The number of carbonyl (C=O) groups excluding carboxylic acids is 3. The lowest BCUT2D eigenvalue weighted by atomic mass is 9.98. The van der Waals surface area contributed by atoms with Crippen LogP contribution < -0.4 is 21.7 Å². The molecule has 9 nitrogen and oxygen atoms in total. The number of nitrogens with one attached hydrogen (secondary N) is 3. The summed E-state index contributed by atoms with van der Waals surface area (Å²) in [6, 6.07) is -3.58. The van der Waals surface area contributed by atoms with E-state index in [1.165, 1.54) is 0 Å². The first-order chi connectivity index (χ1) is 14.2. The molecule has 6 N–H and O–H groups in total. The lowest BCUT2D eigenvalue weighted by Crippen LogP contribution is -2.59. The van der Waals surface area contributed by atoms with E-state index in [4.69, 9.17) is 5.73 Å². The fourth-order valence-corrected chi connectivity index (χ4v) is 3.02. The molecule has 0 aromatic carbocycles. The van der Waals surface area contributed by atoms with E-state index in [1.54, 1.807) is 13.8 Å². The summed E-state index contributed by atoms with van der Waals surface area (Å²) in [4.78, 5) is 49.6. The summed E-state index contributed by atoms with van der Waals surface area (Å²) in [5.74, 6) is -2.80. The highest BCUT2D eigenvalue weighted by molar-refractivity contribution is 5.94. The van der Waals surface area contributed by atoms with Crippen molar-refractivity contribution in [3.8, 4) is 0 Å². The number of rotatable bonds is 13. The fraction of sp³-hybridized carbons (Fsp3) is 0.818. The number of carboxylic acids is 1. The summed E-state index contributed by atoms with van der Waals surface area (Å²) in [7, 11) is 0. The predicted molar refractivity (Wildman–Crippen MR) is 120 cm³/mol. The first-order valence-electron chi connectivity index (χ1n) is 11.1. The van der Waals surface area contributed by atoms with Crippen LogP contribution in [0.4, 0.5) is 0 Å². The molecule has 0 fully saturated rings. The molecule has 3 amide bonds. The smallest absolute Gasteiger partial charge is 0.326 e. The third-order valence-corrected chi connectivity index (χ3v) is 4.93. The van der Waals surface area contributed by atoms with Crippen LogP contribution in [-0.2, 0) is 19.2 Å². The van der Waals surface area contributed by atoms with Gasteiger partial charge in [0.1, 0.15) is 18.1 Å². The van der Waals surface area contributed by atoms with Crippen molar-refractivity contribution in [1.82, 2.24) is 16.0 Å². The number of amides is 3. The molecule has 0 rings (SSSR count). The third-order valence-electron chi connectivity index (χ3n) is 4.93. The quantitative estimate of drug-likeness (QED) is 0.290. The van der Waals surface area contributed by atoms with E-state index in [0.717, 1.165) is 0 Å². The minimum Gasteiger partial charge on any atom is -0.480 e. The largest absolute Gasteiger partial charge is 0.480 e. The number of nitrogens with two attached hydrogens (primary N) is 1. The highest BCUT2D eigenvalue weighted by Crippen LogP contribution is 2.11. The molecule has 0 saturated carbocycles. The molecule has 0 saturated heterocycles. The van der Waals surface area contributed by atoms with Gasteiger partial charge in [0.25, 0.3) is 0 Å². The summed E-state index contributed by atoms with van der Waals surface area (Å²) >= 11 is 0. The van der Waals surface area contributed by atoms with Crippen molar-refractivity contribution in [1.29, 1.82) is 0 Å². The van der Waals surface area contributed by atoms with Crippen LogP contribution in [-0.4, -0.2) is 53.0 Å². The Morgan fingerprint density at radius 2 is 1.13 bits per heavy atom. The molecule has 4 unspecified atom stereocenters. The first kappa shape index (κ1) is 28.8. The van der Waals surface area contributed by atoms with Gasteiger partial charge >= 0.3 is 5.97 Å².